The minimum atomic E-state index is -1.62. The number of aliphatic carboxylic acids is 1. The molecule has 0 bridgehead atoms. The topological polar surface area (TPSA) is 111 Å². The number of unbranched alkanes of at least 4 members (excludes halogenated alkanes) is 65. The number of esters is 2. The molecule has 0 aromatic rings. The summed E-state index contributed by atoms with van der Waals surface area (Å²) in [7, 11) is 5.96. The summed E-state index contributed by atoms with van der Waals surface area (Å²) in [6, 6.07) is 0. The zero-order valence-electron chi connectivity index (χ0n) is 72.3. The van der Waals surface area contributed by atoms with Crippen LogP contribution in [-0.2, 0) is 33.3 Å². The molecule has 0 spiro atoms. The van der Waals surface area contributed by atoms with Crippen LogP contribution in [0.25, 0.3) is 0 Å². The van der Waals surface area contributed by atoms with E-state index in [0.717, 1.165) is 70.6 Å². The number of quaternary nitrogens is 1. The van der Waals surface area contributed by atoms with Crippen LogP contribution in [0.2, 0.25) is 0 Å². The molecule has 0 N–H and O–H groups in total. The van der Waals surface area contributed by atoms with Crippen LogP contribution in [0.3, 0.4) is 0 Å². The van der Waals surface area contributed by atoms with Crippen molar-refractivity contribution in [2.75, 3.05) is 47.5 Å². The molecule has 0 aliphatic heterocycles. The maximum atomic E-state index is 13.0. The molecule has 0 rings (SSSR count). The predicted octanol–water partition coefficient (Wildman–Crippen LogP) is 29.9. The number of nitrogens with zero attached hydrogens (tertiary/aromatic N) is 1. The predicted molar refractivity (Wildman–Crippen MR) is 463 cm³/mol. The van der Waals surface area contributed by atoms with E-state index in [9.17, 15) is 19.5 Å². The van der Waals surface area contributed by atoms with Crippen molar-refractivity contribution in [1.29, 1.82) is 0 Å². The van der Waals surface area contributed by atoms with Gasteiger partial charge in [0.05, 0.1) is 40.3 Å². The van der Waals surface area contributed by atoms with Gasteiger partial charge in [-0.3, -0.25) is 9.59 Å². The minimum Gasteiger partial charge on any atom is -0.545 e. The summed E-state index contributed by atoms with van der Waals surface area (Å²) < 4.78 is 23.0. The lowest BCUT2D eigenvalue weighted by Gasteiger charge is -2.26. The van der Waals surface area contributed by atoms with Gasteiger partial charge in [0.1, 0.15) is 13.2 Å². The molecule has 0 aromatic heterocycles. The smallest absolute Gasteiger partial charge is 0.306 e. The molecule has 0 radical (unpaired) electrons. The molecule has 0 aliphatic rings. The van der Waals surface area contributed by atoms with E-state index in [2.05, 4.69) is 74.6 Å². The number of carboxylic acid groups (broad SMARTS) is 1. The number of hydrogen-bond donors (Lipinski definition) is 0. The maximum absolute atomic E-state index is 13.0. The Morgan fingerprint density at radius 3 is 0.794 bits per heavy atom. The van der Waals surface area contributed by atoms with E-state index < -0.39 is 24.3 Å². The molecule has 0 fully saturated rings. The normalized spacial score (nSPS) is 12.8. The number of ether oxygens (including phenoxy) is 4. The van der Waals surface area contributed by atoms with E-state index >= 15 is 0 Å². The van der Waals surface area contributed by atoms with Crippen LogP contribution in [0.4, 0.5) is 0 Å². The van der Waals surface area contributed by atoms with Crippen LogP contribution >= 0.6 is 0 Å². The molecule has 107 heavy (non-hydrogen) atoms. The molecule has 9 nitrogen and oxygen atoms in total. The molecule has 0 saturated carbocycles. The zero-order valence-corrected chi connectivity index (χ0v) is 72.3. The van der Waals surface area contributed by atoms with Gasteiger partial charge in [-0.05, 0) is 57.8 Å². The molecule has 9 heteroatoms. The van der Waals surface area contributed by atoms with E-state index in [1.807, 2.05) is 21.1 Å². The second-order valence-corrected chi connectivity index (χ2v) is 33.6. The highest BCUT2D eigenvalue weighted by Crippen LogP contribution is 2.22. The third kappa shape index (κ3) is 90.1. The molecule has 2 atom stereocenters. The van der Waals surface area contributed by atoms with Gasteiger partial charge < -0.3 is 33.3 Å². The Labute approximate surface area is 666 Å². The van der Waals surface area contributed by atoms with Crippen molar-refractivity contribution in [1.82, 2.24) is 0 Å². The molecule has 0 amide bonds. The van der Waals surface area contributed by atoms with Crippen molar-refractivity contribution in [3.05, 3.63) is 60.8 Å². The number of likely N-dealkylation sites (N-methyl/N-ethyl adjacent to an activating group) is 1. The number of carbonyl (C=O) groups is 3. The maximum Gasteiger partial charge on any atom is 0.306 e. The van der Waals surface area contributed by atoms with Crippen molar-refractivity contribution in [2.24, 2.45) is 0 Å². The summed E-state index contributed by atoms with van der Waals surface area (Å²) in [4.78, 5) is 37.7. The average molecular weight is 1500 g/mol. The Balaban J connectivity index is 3.86. The van der Waals surface area contributed by atoms with Gasteiger partial charge in [-0.1, -0.05) is 479 Å². The molecule has 0 aromatic carbocycles. The summed E-state index contributed by atoms with van der Waals surface area (Å²) in [5.41, 5.74) is 0. The van der Waals surface area contributed by atoms with Gasteiger partial charge in [0.15, 0.2) is 12.4 Å². The molecule has 0 aliphatic carbocycles. The van der Waals surface area contributed by atoms with Gasteiger partial charge in [0, 0.05) is 12.8 Å². The monoisotopic (exact) mass is 1500 g/mol. The molecule has 2 unspecified atom stereocenters. The Morgan fingerprint density at radius 2 is 0.533 bits per heavy atom. The lowest BCUT2D eigenvalue weighted by molar-refractivity contribution is -0.870. The first-order valence-corrected chi connectivity index (χ1v) is 47.4. The first kappa shape index (κ1) is 104. The Kier molecular flexibility index (Phi) is 86.1. The number of carbonyl (C=O) groups excluding carboxylic acids is 3. The second kappa shape index (κ2) is 88.6. The highest BCUT2D eigenvalue weighted by Gasteiger charge is 2.22. The summed E-state index contributed by atoms with van der Waals surface area (Å²) in [5, 5.41) is 11.9. The highest BCUT2D eigenvalue weighted by atomic mass is 16.7. The third-order valence-corrected chi connectivity index (χ3v) is 21.8. The standard InChI is InChI=1S/C98H183NO8/c1-6-8-10-12-14-16-18-20-22-24-26-28-30-32-34-36-38-40-42-44-46-48-50-52-54-56-58-60-62-64-66-68-70-72-74-76-78-80-82-84-86-88-95(100)105-92-94(93-106-98(97(102)103)104-91-90-99(3,4)5)107-96(101)89-87-85-83-81-79-77-75-73-71-69-67-65-63-61-59-57-55-53-51-49-47-45-43-41-39-37-35-33-31-29-27-25-23-21-19-17-15-13-11-9-7-2/h9,11,15,17,21,23,27,29,33,35,94,98H,6-8,10,12-14,16,18-20,22,24-26,28,30-32,34,36-93H2,1-5H3/b11-9-,17-15-,23-21-,29-27-,35-33-. The van der Waals surface area contributed by atoms with Crippen LogP contribution < -0.4 is 5.11 Å². The summed E-state index contributed by atoms with van der Waals surface area (Å²) >= 11 is 0. The summed E-state index contributed by atoms with van der Waals surface area (Å²) in [6.45, 7) is 4.73. The van der Waals surface area contributed by atoms with Crippen LogP contribution in [0.15, 0.2) is 60.8 Å². The van der Waals surface area contributed by atoms with Gasteiger partial charge in [-0.25, -0.2) is 0 Å². The average Bonchev–Trinajstić information content (AvgIpc) is 0.965. The zero-order chi connectivity index (χ0) is 77.4. The van der Waals surface area contributed by atoms with E-state index in [1.54, 1.807) is 0 Å². The van der Waals surface area contributed by atoms with Crippen LogP contribution in [0.5, 0.6) is 0 Å². The fourth-order valence-corrected chi connectivity index (χ4v) is 14.6. The molecular weight excluding hydrogens is 1320 g/mol. The Morgan fingerprint density at radius 1 is 0.290 bits per heavy atom. The first-order chi connectivity index (χ1) is 52.6. The lowest BCUT2D eigenvalue weighted by Crippen LogP contribution is -2.44. The van der Waals surface area contributed by atoms with Gasteiger partial charge in [-0.2, -0.15) is 0 Å². The molecular formula is C98H183NO8. The number of hydrogen-bond acceptors (Lipinski definition) is 8. The lowest BCUT2D eigenvalue weighted by atomic mass is 10.0. The summed E-state index contributed by atoms with van der Waals surface area (Å²) in [6.07, 6.45) is 117. The van der Waals surface area contributed by atoms with E-state index in [4.69, 9.17) is 18.9 Å². The van der Waals surface area contributed by atoms with Gasteiger partial charge in [0.2, 0.25) is 0 Å². The summed E-state index contributed by atoms with van der Waals surface area (Å²) in [5.74, 6) is -2.24. The van der Waals surface area contributed by atoms with E-state index in [-0.39, 0.29) is 32.2 Å². The molecule has 0 heterocycles. The van der Waals surface area contributed by atoms with Crippen LogP contribution in [-0.4, -0.2) is 82.3 Å². The fraction of sp³-hybridized carbons (Fsp3) is 0.867. The first-order valence-electron chi connectivity index (χ1n) is 47.4. The SMILES string of the molecule is CC/C=C\C/C=C\C/C=C\C/C=C\C/C=C\CCCCCCCCCCCCCCCCCCCCCCCCCCCC(=O)OC(COC(=O)CCCCCCCCCCCCCCCCCCCCCCCCCCCCCCCCCCCCCCCCCCC)COC(OCC[N+](C)(C)C)C(=O)[O-]. The highest BCUT2D eigenvalue weighted by molar-refractivity contribution is 5.70. The van der Waals surface area contributed by atoms with Crippen molar-refractivity contribution in [3.63, 3.8) is 0 Å². The minimum absolute atomic E-state index is 0.151. The van der Waals surface area contributed by atoms with Crippen molar-refractivity contribution in [3.8, 4) is 0 Å². The van der Waals surface area contributed by atoms with Gasteiger partial charge >= 0.3 is 11.9 Å². The number of allylic oxidation sites excluding steroid dienone is 10. The van der Waals surface area contributed by atoms with Crippen molar-refractivity contribution < 1.29 is 42.9 Å². The van der Waals surface area contributed by atoms with Gasteiger partial charge in [0.25, 0.3) is 0 Å². The van der Waals surface area contributed by atoms with Crippen LogP contribution in [0, 0.1) is 0 Å². The molecule has 628 valence electrons. The number of carboxylic acids is 1. The van der Waals surface area contributed by atoms with E-state index in [0.29, 0.717) is 17.4 Å². The Bertz CT molecular complexity index is 1950. The molecule has 0 saturated heterocycles. The van der Waals surface area contributed by atoms with Gasteiger partial charge in [-0.15, -0.1) is 0 Å². The van der Waals surface area contributed by atoms with E-state index in [1.165, 1.54) is 392 Å². The Hall–Kier alpha value is -3.01. The fourth-order valence-electron chi connectivity index (χ4n) is 14.6. The van der Waals surface area contributed by atoms with Crippen LogP contribution in [0.1, 0.15) is 489 Å². The van der Waals surface area contributed by atoms with Crippen molar-refractivity contribution >= 4 is 17.9 Å². The van der Waals surface area contributed by atoms with Crippen molar-refractivity contribution in [2.45, 2.75) is 501 Å². The third-order valence-electron chi connectivity index (χ3n) is 21.8. The number of rotatable bonds is 90. The largest absolute Gasteiger partial charge is 0.545 e. The quantitative estimate of drug-likeness (QED) is 0.0195. The second-order valence-electron chi connectivity index (χ2n) is 33.6.